The minimum Gasteiger partial charge on any atom is -0.508 e. The average Bonchev–Trinajstić information content (AvgIpc) is 2.75. The number of aryl methyl sites for hydroxylation is 1. The van der Waals surface area contributed by atoms with Crippen molar-refractivity contribution in [2.45, 2.75) is 122 Å². The third-order valence-corrected chi connectivity index (χ3v) is 5.82. The quantitative estimate of drug-likeness (QED) is 0.172. The summed E-state index contributed by atoms with van der Waals surface area (Å²) in [6.07, 6.45) is 22.7. The molecule has 0 bridgehead atoms. The van der Waals surface area contributed by atoms with Crippen LogP contribution in [0.15, 0.2) is 24.3 Å². The predicted molar refractivity (Wildman–Crippen MR) is 127 cm³/mol. The number of esters is 1. The van der Waals surface area contributed by atoms with Crippen molar-refractivity contribution in [1.29, 1.82) is 0 Å². The Kier molecular flexibility index (Phi) is 17.2. The minimum absolute atomic E-state index is 0.121. The molecule has 0 heterocycles. The fourth-order valence-electron chi connectivity index (χ4n) is 3.82. The van der Waals surface area contributed by atoms with Gasteiger partial charge in [0.2, 0.25) is 0 Å². The number of carbonyl (C=O) groups excluding carboxylic acids is 1. The van der Waals surface area contributed by atoms with Crippen LogP contribution in [-0.2, 0) is 16.0 Å². The number of ether oxygens (including phenoxy) is 1. The van der Waals surface area contributed by atoms with Crippen molar-refractivity contribution in [3.63, 3.8) is 0 Å². The van der Waals surface area contributed by atoms with E-state index in [4.69, 9.17) is 4.74 Å². The number of hydrogen-bond donors (Lipinski definition) is 1. The Morgan fingerprint density at radius 2 is 1.13 bits per heavy atom. The molecule has 0 aromatic heterocycles. The maximum atomic E-state index is 11.8. The van der Waals surface area contributed by atoms with E-state index in [-0.39, 0.29) is 11.7 Å². The van der Waals surface area contributed by atoms with E-state index in [2.05, 4.69) is 6.92 Å². The van der Waals surface area contributed by atoms with Gasteiger partial charge < -0.3 is 9.84 Å². The highest BCUT2D eigenvalue weighted by Gasteiger charge is 2.04. The first-order valence-corrected chi connectivity index (χ1v) is 12.7. The predicted octanol–water partition coefficient (Wildman–Crippen LogP) is 8.13. The lowest BCUT2D eigenvalue weighted by atomic mass is 10.0. The van der Waals surface area contributed by atoms with E-state index in [1.54, 1.807) is 12.1 Å². The summed E-state index contributed by atoms with van der Waals surface area (Å²) in [5.74, 6) is 0.133. The number of hydrogen-bond acceptors (Lipinski definition) is 3. The maximum absolute atomic E-state index is 11.8. The van der Waals surface area contributed by atoms with Gasteiger partial charge in [-0.1, -0.05) is 115 Å². The van der Waals surface area contributed by atoms with E-state index < -0.39 is 0 Å². The second kappa shape index (κ2) is 19.5. The highest BCUT2D eigenvalue weighted by atomic mass is 16.5. The number of benzene rings is 1. The van der Waals surface area contributed by atoms with Crippen LogP contribution >= 0.6 is 0 Å². The van der Waals surface area contributed by atoms with Gasteiger partial charge in [0, 0.05) is 6.42 Å². The Labute approximate surface area is 185 Å². The van der Waals surface area contributed by atoms with Crippen molar-refractivity contribution in [2.75, 3.05) is 6.61 Å². The van der Waals surface area contributed by atoms with E-state index >= 15 is 0 Å². The van der Waals surface area contributed by atoms with Crippen molar-refractivity contribution in [2.24, 2.45) is 0 Å². The molecule has 1 aromatic rings. The van der Waals surface area contributed by atoms with Crippen molar-refractivity contribution in [1.82, 2.24) is 0 Å². The molecule has 1 aromatic carbocycles. The molecule has 0 saturated carbocycles. The average molecular weight is 419 g/mol. The van der Waals surface area contributed by atoms with Crippen LogP contribution in [0.4, 0.5) is 0 Å². The molecule has 0 aliphatic carbocycles. The first-order chi connectivity index (χ1) is 14.7. The van der Waals surface area contributed by atoms with Gasteiger partial charge in [-0.3, -0.25) is 4.79 Å². The molecule has 0 unspecified atom stereocenters. The maximum Gasteiger partial charge on any atom is 0.306 e. The number of aromatic hydroxyl groups is 1. The van der Waals surface area contributed by atoms with Crippen LogP contribution in [0, 0.1) is 0 Å². The smallest absolute Gasteiger partial charge is 0.306 e. The van der Waals surface area contributed by atoms with Gasteiger partial charge in [-0.2, -0.15) is 0 Å². The normalized spacial score (nSPS) is 11.0. The summed E-state index contributed by atoms with van der Waals surface area (Å²) in [6, 6.07) is 6.99. The molecule has 0 fully saturated rings. The van der Waals surface area contributed by atoms with Crippen LogP contribution in [0.25, 0.3) is 0 Å². The third kappa shape index (κ3) is 16.3. The van der Waals surface area contributed by atoms with E-state index in [0.717, 1.165) is 18.4 Å². The minimum atomic E-state index is -0.121. The van der Waals surface area contributed by atoms with Crippen molar-refractivity contribution >= 4 is 5.97 Å². The third-order valence-electron chi connectivity index (χ3n) is 5.82. The second-order valence-corrected chi connectivity index (χ2v) is 8.69. The lowest BCUT2D eigenvalue weighted by Gasteiger charge is -2.06. The van der Waals surface area contributed by atoms with Crippen LogP contribution in [0.1, 0.15) is 122 Å². The molecule has 1 rings (SSSR count). The molecule has 0 spiro atoms. The van der Waals surface area contributed by atoms with E-state index in [0.29, 0.717) is 19.4 Å². The Morgan fingerprint density at radius 3 is 1.60 bits per heavy atom. The lowest BCUT2D eigenvalue weighted by Crippen LogP contribution is -2.07. The number of unbranched alkanes of at least 4 members (excludes halogenated alkanes) is 15. The number of phenols is 1. The first kappa shape index (κ1) is 26.5. The van der Waals surface area contributed by atoms with E-state index in [1.165, 1.54) is 89.9 Å². The van der Waals surface area contributed by atoms with Crippen LogP contribution in [0.3, 0.4) is 0 Å². The van der Waals surface area contributed by atoms with Crippen LogP contribution < -0.4 is 0 Å². The van der Waals surface area contributed by atoms with Crippen molar-refractivity contribution in [3.05, 3.63) is 29.8 Å². The van der Waals surface area contributed by atoms with Gasteiger partial charge in [0.1, 0.15) is 5.75 Å². The van der Waals surface area contributed by atoms with Crippen LogP contribution in [0.5, 0.6) is 5.75 Å². The molecule has 0 aliphatic rings. The summed E-state index contributed by atoms with van der Waals surface area (Å²) in [5, 5.41) is 9.26. The van der Waals surface area contributed by atoms with Crippen LogP contribution in [-0.4, -0.2) is 17.7 Å². The molecule has 0 amide bonds. The van der Waals surface area contributed by atoms with Gasteiger partial charge in [-0.25, -0.2) is 0 Å². The molecule has 0 atom stereocenters. The van der Waals surface area contributed by atoms with E-state index in [1.807, 2.05) is 12.1 Å². The number of phenolic OH excluding ortho intramolecular Hbond substituents is 1. The molecule has 1 N–H and O–H groups in total. The van der Waals surface area contributed by atoms with Crippen molar-refractivity contribution in [3.8, 4) is 5.75 Å². The molecule has 3 heteroatoms. The topological polar surface area (TPSA) is 46.5 Å². The van der Waals surface area contributed by atoms with Gasteiger partial charge in [-0.15, -0.1) is 0 Å². The number of carbonyl (C=O) groups is 1. The first-order valence-electron chi connectivity index (χ1n) is 12.7. The molecule has 30 heavy (non-hydrogen) atoms. The van der Waals surface area contributed by atoms with Gasteiger partial charge in [0.15, 0.2) is 0 Å². The summed E-state index contributed by atoms with van der Waals surface area (Å²) < 4.78 is 5.32. The highest BCUT2D eigenvalue weighted by molar-refractivity contribution is 5.69. The summed E-state index contributed by atoms with van der Waals surface area (Å²) in [7, 11) is 0. The van der Waals surface area contributed by atoms with Crippen molar-refractivity contribution < 1.29 is 14.6 Å². The van der Waals surface area contributed by atoms with Gasteiger partial charge in [0.05, 0.1) is 6.61 Å². The Hall–Kier alpha value is -1.51. The van der Waals surface area contributed by atoms with E-state index in [9.17, 15) is 9.90 Å². The summed E-state index contributed by atoms with van der Waals surface area (Å²) in [5.41, 5.74) is 1.05. The Balaban J connectivity index is 1.77. The Bertz CT molecular complexity index is 509. The zero-order chi connectivity index (χ0) is 21.7. The Morgan fingerprint density at radius 1 is 0.700 bits per heavy atom. The zero-order valence-electron chi connectivity index (χ0n) is 19.5. The molecule has 3 nitrogen and oxygen atoms in total. The lowest BCUT2D eigenvalue weighted by molar-refractivity contribution is -0.143. The molecule has 0 saturated heterocycles. The summed E-state index contributed by atoms with van der Waals surface area (Å²) in [6.45, 7) is 2.83. The number of rotatable bonds is 20. The molecule has 0 aliphatic heterocycles. The monoisotopic (exact) mass is 418 g/mol. The molecular weight excluding hydrogens is 372 g/mol. The standard InChI is InChI=1S/C27H46O3/c1-2-3-4-5-6-7-8-9-10-11-12-13-14-15-16-17-24-30-27(29)23-20-25-18-21-26(28)22-19-25/h18-19,21-22,28H,2-17,20,23-24H2,1H3. The summed E-state index contributed by atoms with van der Waals surface area (Å²) in [4.78, 5) is 11.8. The van der Waals surface area contributed by atoms with Crippen LogP contribution in [0.2, 0.25) is 0 Å². The van der Waals surface area contributed by atoms with Gasteiger partial charge >= 0.3 is 5.97 Å². The van der Waals surface area contributed by atoms with Gasteiger partial charge in [0.25, 0.3) is 0 Å². The fraction of sp³-hybridized carbons (Fsp3) is 0.741. The molecule has 0 radical (unpaired) electrons. The largest absolute Gasteiger partial charge is 0.508 e. The molecule has 172 valence electrons. The van der Waals surface area contributed by atoms with Gasteiger partial charge in [-0.05, 0) is 30.5 Å². The fourth-order valence-corrected chi connectivity index (χ4v) is 3.82. The SMILES string of the molecule is CCCCCCCCCCCCCCCCCCOC(=O)CCc1ccc(O)cc1. The zero-order valence-corrected chi connectivity index (χ0v) is 19.5. The summed E-state index contributed by atoms with van der Waals surface area (Å²) >= 11 is 0. The molecular formula is C27H46O3. The highest BCUT2D eigenvalue weighted by Crippen LogP contribution is 2.14. The second-order valence-electron chi connectivity index (χ2n) is 8.69.